The first-order valence-corrected chi connectivity index (χ1v) is 37.6. The van der Waals surface area contributed by atoms with Gasteiger partial charge in [-0.15, -0.1) is 0 Å². The fourth-order valence-electron chi connectivity index (χ4n) is 11.5. The summed E-state index contributed by atoms with van der Waals surface area (Å²) < 4.78 is 5.51. The van der Waals surface area contributed by atoms with Gasteiger partial charge >= 0.3 is 5.97 Å². The van der Waals surface area contributed by atoms with Crippen LogP contribution < -0.4 is 5.32 Å². The maximum absolute atomic E-state index is 12.5. The van der Waals surface area contributed by atoms with E-state index in [2.05, 4.69) is 67.8 Å². The van der Waals surface area contributed by atoms with Crippen LogP contribution in [0.15, 0.2) is 60.8 Å². The number of allylic oxidation sites excluding steroid dienone is 9. The zero-order valence-corrected chi connectivity index (χ0v) is 56.4. The predicted molar refractivity (Wildman–Crippen MR) is 370 cm³/mol. The molecule has 2 atom stereocenters. The summed E-state index contributed by atoms with van der Waals surface area (Å²) in [6, 6.07) is -0.629. The molecule has 3 N–H and O–H groups in total. The van der Waals surface area contributed by atoms with E-state index in [1.165, 1.54) is 315 Å². The fourth-order valence-corrected chi connectivity index (χ4v) is 11.5. The van der Waals surface area contributed by atoms with E-state index < -0.39 is 12.1 Å². The maximum atomic E-state index is 12.5. The number of aliphatic hydroxyl groups is 2. The number of hydrogen-bond donors (Lipinski definition) is 3. The molecule has 0 fully saturated rings. The standard InChI is InChI=1S/C78H145NO5/c1-3-5-7-9-11-13-15-17-19-21-35-40-44-48-52-56-60-64-68-72-78(83)84-73-69-65-61-57-53-49-45-41-37-34-32-30-28-26-24-22-23-25-27-29-31-33-36-39-43-47-51-55-59-63-67-71-77(82)79-75(74-80)76(81)70-66-62-58-54-50-46-42-38-20-18-16-14-12-10-8-6-4-2/h11,13,17,19,24,26,30,32,66,70,75-76,80-81H,3-10,12,14-16,18,20-23,25,27-29,31,33-65,67-69,71-74H2,1-2H3,(H,79,82)/b13-11-,19-17-,26-24-,32-30-,70-66+. The normalized spacial score (nSPS) is 12.9. The fraction of sp³-hybridized carbons (Fsp3) is 0.846. The van der Waals surface area contributed by atoms with Crippen molar-refractivity contribution >= 4 is 11.9 Å². The number of amides is 1. The monoisotopic (exact) mass is 1180 g/mol. The average Bonchev–Trinajstić information content (AvgIpc) is 3.51. The minimum absolute atomic E-state index is 0.00919. The highest BCUT2D eigenvalue weighted by molar-refractivity contribution is 5.76. The number of nitrogens with one attached hydrogen (secondary N) is 1. The lowest BCUT2D eigenvalue weighted by Gasteiger charge is -2.20. The summed E-state index contributed by atoms with van der Waals surface area (Å²) in [4.78, 5) is 24.6. The largest absolute Gasteiger partial charge is 0.466 e. The highest BCUT2D eigenvalue weighted by Gasteiger charge is 2.18. The predicted octanol–water partition coefficient (Wildman–Crippen LogP) is 24.6. The molecule has 492 valence electrons. The third-order valence-electron chi connectivity index (χ3n) is 17.3. The number of hydrogen-bond acceptors (Lipinski definition) is 5. The topological polar surface area (TPSA) is 95.9 Å². The van der Waals surface area contributed by atoms with Gasteiger partial charge in [0.25, 0.3) is 0 Å². The van der Waals surface area contributed by atoms with Crippen LogP contribution in [-0.2, 0) is 14.3 Å². The minimum Gasteiger partial charge on any atom is -0.466 e. The SMILES string of the molecule is CCCCC/C=C\C/C=C\CCCCCCCCCCCC(=O)OCCCCCCCCCCC/C=C\C/C=C\CCCCCCCCCCCCCCCCCC(=O)NC(CO)C(O)/C=C/CCCCCCCCCCCCCCCCC. The van der Waals surface area contributed by atoms with Gasteiger partial charge in [-0.3, -0.25) is 9.59 Å². The second-order valence-electron chi connectivity index (χ2n) is 25.6. The molecule has 2 unspecified atom stereocenters. The zero-order chi connectivity index (χ0) is 60.6. The van der Waals surface area contributed by atoms with E-state index in [0.717, 1.165) is 57.8 Å². The molecule has 0 saturated carbocycles. The first-order chi connectivity index (χ1) is 41.5. The van der Waals surface area contributed by atoms with Crippen LogP contribution in [0, 0.1) is 0 Å². The number of ether oxygens (including phenoxy) is 1. The van der Waals surface area contributed by atoms with E-state index in [1.54, 1.807) is 6.08 Å². The lowest BCUT2D eigenvalue weighted by Crippen LogP contribution is -2.45. The molecule has 0 saturated heterocycles. The van der Waals surface area contributed by atoms with Crippen molar-refractivity contribution < 1.29 is 24.5 Å². The molecule has 0 aliphatic rings. The first-order valence-electron chi connectivity index (χ1n) is 37.6. The number of esters is 1. The van der Waals surface area contributed by atoms with Crippen LogP contribution in [0.5, 0.6) is 0 Å². The van der Waals surface area contributed by atoms with E-state index in [4.69, 9.17) is 4.74 Å². The minimum atomic E-state index is -0.845. The molecule has 0 aromatic rings. The van der Waals surface area contributed by atoms with E-state index in [9.17, 15) is 19.8 Å². The second-order valence-corrected chi connectivity index (χ2v) is 25.6. The van der Waals surface area contributed by atoms with Crippen LogP contribution in [-0.4, -0.2) is 47.4 Å². The van der Waals surface area contributed by atoms with Gasteiger partial charge in [-0.25, -0.2) is 0 Å². The summed E-state index contributed by atoms with van der Waals surface area (Å²) in [5.41, 5.74) is 0. The van der Waals surface area contributed by atoms with Gasteiger partial charge in [0.05, 0.1) is 25.4 Å². The highest BCUT2D eigenvalue weighted by Crippen LogP contribution is 2.18. The lowest BCUT2D eigenvalue weighted by atomic mass is 10.0. The van der Waals surface area contributed by atoms with E-state index in [1.807, 2.05) is 6.08 Å². The Morgan fingerprint density at radius 1 is 0.333 bits per heavy atom. The molecular formula is C78H145NO5. The Labute approximate surface area is 524 Å². The Bertz CT molecular complexity index is 1450. The number of carbonyl (C=O) groups is 2. The Balaban J connectivity index is 3.40. The van der Waals surface area contributed by atoms with Crippen LogP contribution in [0.25, 0.3) is 0 Å². The summed E-state index contributed by atoms with van der Waals surface area (Å²) in [6.45, 7) is 4.90. The Morgan fingerprint density at radius 3 is 0.929 bits per heavy atom. The average molecular weight is 1180 g/mol. The molecule has 0 rings (SSSR count). The van der Waals surface area contributed by atoms with Gasteiger partial charge in [-0.2, -0.15) is 0 Å². The summed E-state index contributed by atoms with van der Waals surface area (Å²) in [5, 5.41) is 23.2. The van der Waals surface area contributed by atoms with Crippen molar-refractivity contribution in [3.8, 4) is 0 Å². The molecule has 0 aliphatic heterocycles. The van der Waals surface area contributed by atoms with E-state index in [-0.39, 0.29) is 18.5 Å². The van der Waals surface area contributed by atoms with Gasteiger partial charge in [-0.05, 0) is 96.3 Å². The lowest BCUT2D eigenvalue weighted by molar-refractivity contribution is -0.143. The van der Waals surface area contributed by atoms with Crippen LogP contribution in [0.4, 0.5) is 0 Å². The van der Waals surface area contributed by atoms with Gasteiger partial charge in [0.15, 0.2) is 0 Å². The van der Waals surface area contributed by atoms with Crippen LogP contribution >= 0.6 is 0 Å². The molecule has 0 aliphatic carbocycles. The van der Waals surface area contributed by atoms with E-state index in [0.29, 0.717) is 19.4 Å². The van der Waals surface area contributed by atoms with Crippen molar-refractivity contribution in [2.45, 2.75) is 411 Å². The third kappa shape index (κ3) is 68.7. The van der Waals surface area contributed by atoms with Crippen molar-refractivity contribution in [1.29, 1.82) is 0 Å². The molecule has 0 heterocycles. The second kappa shape index (κ2) is 73.0. The van der Waals surface area contributed by atoms with Crippen LogP contribution in [0.2, 0.25) is 0 Å². The van der Waals surface area contributed by atoms with Gasteiger partial charge in [0.2, 0.25) is 5.91 Å². The smallest absolute Gasteiger partial charge is 0.305 e. The van der Waals surface area contributed by atoms with Crippen molar-refractivity contribution in [3.05, 3.63) is 60.8 Å². The molecule has 0 aromatic carbocycles. The molecule has 6 heteroatoms. The first kappa shape index (κ1) is 81.6. The molecule has 84 heavy (non-hydrogen) atoms. The van der Waals surface area contributed by atoms with Crippen molar-refractivity contribution in [3.63, 3.8) is 0 Å². The quantitative estimate of drug-likeness (QED) is 0.0320. The number of aliphatic hydroxyl groups excluding tert-OH is 2. The molecule has 0 radical (unpaired) electrons. The number of rotatable bonds is 70. The highest BCUT2D eigenvalue weighted by atomic mass is 16.5. The number of carbonyl (C=O) groups excluding carboxylic acids is 2. The summed E-state index contributed by atoms with van der Waals surface area (Å²) >= 11 is 0. The summed E-state index contributed by atoms with van der Waals surface area (Å²) in [6.07, 6.45) is 97.4. The Hall–Kier alpha value is -2.44. The maximum Gasteiger partial charge on any atom is 0.305 e. The van der Waals surface area contributed by atoms with E-state index >= 15 is 0 Å². The molecular weight excluding hydrogens is 1030 g/mol. The molecule has 0 spiro atoms. The Kier molecular flexibility index (Phi) is 70.9. The van der Waals surface area contributed by atoms with Gasteiger partial charge in [0.1, 0.15) is 0 Å². The van der Waals surface area contributed by atoms with Crippen molar-refractivity contribution in [1.82, 2.24) is 5.32 Å². The van der Waals surface area contributed by atoms with Crippen LogP contribution in [0.3, 0.4) is 0 Å². The zero-order valence-electron chi connectivity index (χ0n) is 56.4. The van der Waals surface area contributed by atoms with Gasteiger partial charge < -0.3 is 20.3 Å². The molecule has 6 nitrogen and oxygen atoms in total. The van der Waals surface area contributed by atoms with Crippen LogP contribution in [0.1, 0.15) is 399 Å². The summed E-state index contributed by atoms with van der Waals surface area (Å²) in [5.74, 6) is -0.0559. The molecule has 0 aromatic heterocycles. The summed E-state index contributed by atoms with van der Waals surface area (Å²) in [7, 11) is 0. The van der Waals surface area contributed by atoms with Gasteiger partial charge in [0, 0.05) is 12.8 Å². The number of unbranched alkanes of at least 4 members (excludes halogenated alkanes) is 51. The molecule has 1 amide bonds. The van der Waals surface area contributed by atoms with Crippen molar-refractivity contribution in [2.24, 2.45) is 0 Å². The molecule has 0 bridgehead atoms. The third-order valence-corrected chi connectivity index (χ3v) is 17.3. The van der Waals surface area contributed by atoms with Crippen molar-refractivity contribution in [2.75, 3.05) is 13.2 Å². The van der Waals surface area contributed by atoms with Gasteiger partial charge in [-0.1, -0.05) is 351 Å². The Morgan fingerprint density at radius 2 is 0.595 bits per heavy atom.